The van der Waals surface area contributed by atoms with Gasteiger partial charge in [-0.25, -0.2) is 0 Å². The minimum Gasteiger partial charge on any atom is -1.00 e. The Bertz CT molecular complexity index is 60.5. The molecular weight excluding hydrogens is 139 g/mol. The molecule has 0 aromatic carbocycles. The predicted molar refractivity (Wildman–Crippen MR) is 40.5 cm³/mol. The van der Waals surface area contributed by atoms with Gasteiger partial charge in [0.25, 0.3) is 0 Å². The molecule has 52 valence electrons. The SMILES string of the molecule is CC[Si](O)(CC)CC.[H-].[Na+]. The molecule has 0 atom stereocenters. The number of hydrogen-bond acceptors (Lipinski definition) is 1. The molecule has 0 aliphatic rings. The van der Waals surface area contributed by atoms with Crippen LogP contribution < -0.4 is 29.6 Å². The van der Waals surface area contributed by atoms with Crippen LogP contribution in [0.25, 0.3) is 0 Å². The Morgan fingerprint density at radius 1 is 1.11 bits per heavy atom. The Morgan fingerprint density at radius 2 is 1.33 bits per heavy atom. The van der Waals surface area contributed by atoms with Crippen molar-refractivity contribution in [3.05, 3.63) is 0 Å². The van der Waals surface area contributed by atoms with Crippen molar-refractivity contribution in [2.75, 3.05) is 0 Å². The van der Waals surface area contributed by atoms with Gasteiger partial charge in [0.2, 0.25) is 0 Å². The third kappa shape index (κ3) is 4.56. The molecule has 0 fully saturated rings. The second-order valence-corrected chi connectivity index (χ2v) is 6.86. The van der Waals surface area contributed by atoms with Crippen molar-refractivity contribution in [1.29, 1.82) is 0 Å². The molecule has 0 aliphatic carbocycles. The third-order valence-corrected chi connectivity index (χ3v) is 5.92. The molecule has 0 amide bonds. The van der Waals surface area contributed by atoms with Gasteiger partial charge in [-0.2, -0.15) is 0 Å². The van der Waals surface area contributed by atoms with Crippen LogP contribution in [-0.4, -0.2) is 13.1 Å². The first kappa shape index (κ1) is 12.8. The van der Waals surface area contributed by atoms with E-state index in [4.69, 9.17) is 0 Å². The van der Waals surface area contributed by atoms with Crippen LogP contribution in [0.1, 0.15) is 22.2 Å². The van der Waals surface area contributed by atoms with E-state index in [-0.39, 0.29) is 31.0 Å². The first-order valence-corrected chi connectivity index (χ1v) is 5.97. The molecule has 3 heteroatoms. The van der Waals surface area contributed by atoms with Crippen LogP contribution in [0.15, 0.2) is 0 Å². The molecule has 0 bridgehead atoms. The van der Waals surface area contributed by atoms with Gasteiger partial charge in [0.15, 0.2) is 8.32 Å². The standard InChI is InChI=1S/C6H16OSi.Na.H/c1-4-8(7,5-2)6-3;;/h7H,4-6H2,1-3H3;;/q;+1;-1. The Hall–Kier alpha value is 1.18. The topological polar surface area (TPSA) is 20.2 Å². The van der Waals surface area contributed by atoms with Gasteiger partial charge < -0.3 is 6.22 Å². The van der Waals surface area contributed by atoms with E-state index >= 15 is 0 Å². The normalized spacial score (nSPS) is 10.7. The van der Waals surface area contributed by atoms with Crippen LogP contribution >= 0.6 is 0 Å². The van der Waals surface area contributed by atoms with Gasteiger partial charge in [-0.15, -0.1) is 0 Å². The van der Waals surface area contributed by atoms with Crippen molar-refractivity contribution in [3.63, 3.8) is 0 Å². The largest absolute Gasteiger partial charge is 1.00 e. The first-order chi connectivity index (χ1) is 3.68. The quantitative estimate of drug-likeness (QED) is 0.525. The summed E-state index contributed by atoms with van der Waals surface area (Å²) >= 11 is 0. The van der Waals surface area contributed by atoms with Gasteiger partial charge in [0, 0.05) is 0 Å². The zero-order chi connectivity index (χ0) is 6.62. The fourth-order valence-electron chi connectivity index (χ4n) is 0.750. The van der Waals surface area contributed by atoms with Gasteiger partial charge in [0.05, 0.1) is 0 Å². The Balaban J connectivity index is -0.000000245. The van der Waals surface area contributed by atoms with Crippen LogP contribution in [0.3, 0.4) is 0 Å². The summed E-state index contributed by atoms with van der Waals surface area (Å²) in [4.78, 5) is 9.58. The van der Waals surface area contributed by atoms with E-state index < -0.39 is 8.32 Å². The van der Waals surface area contributed by atoms with E-state index in [2.05, 4.69) is 20.8 Å². The molecule has 0 saturated carbocycles. The first-order valence-electron chi connectivity index (χ1n) is 3.41. The van der Waals surface area contributed by atoms with Gasteiger partial charge in [0.1, 0.15) is 0 Å². The fraction of sp³-hybridized carbons (Fsp3) is 1.00. The Kier molecular flexibility index (Phi) is 8.44. The van der Waals surface area contributed by atoms with E-state index in [0.717, 1.165) is 18.1 Å². The van der Waals surface area contributed by atoms with Crippen molar-refractivity contribution >= 4 is 8.32 Å². The van der Waals surface area contributed by atoms with Crippen molar-refractivity contribution in [2.45, 2.75) is 38.9 Å². The van der Waals surface area contributed by atoms with E-state index in [1.807, 2.05) is 0 Å². The zero-order valence-electron chi connectivity index (χ0n) is 8.07. The van der Waals surface area contributed by atoms with Crippen LogP contribution in [0, 0.1) is 0 Å². The van der Waals surface area contributed by atoms with E-state index in [0.29, 0.717) is 0 Å². The van der Waals surface area contributed by atoms with Gasteiger partial charge in [-0.3, -0.25) is 0 Å². The molecular formula is C6H17NaOSi. The average Bonchev–Trinajstić information content (AvgIpc) is 1.87. The summed E-state index contributed by atoms with van der Waals surface area (Å²) in [5.41, 5.74) is 0. The van der Waals surface area contributed by atoms with E-state index in [1.165, 1.54) is 0 Å². The molecule has 0 aliphatic heterocycles. The van der Waals surface area contributed by atoms with E-state index in [1.54, 1.807) is 0 Å². The number of rotatable bonds is 3. The molecule has 1 N–H and O–H groups in total. The Morgan fingerprint density at radius 3 is 1.33 bits per heavy atom. The van der Waals surface area contributed by atoms with Crippen molar-refractivity contribution < 1.29 is 35.8 Å². The summed E-state index contributed by atoms with van der Waals surface area (Å²) < 4.78 is 0. The van der Waals surface area contributed by atoms with Crippen LogP contribution in [0.2, 0.25) is 18.1 Å². The van der Waals surface area contributed by atoms with Crippen molar-refractivity contribution in [2.24, 2.45) is 0 Å². The minimum atomic E-state index is -1.67. The molecule has 0 radical (unpaired) electrons. The predicted octanol–water partition coefficient (Wildman–Crippen LogP) is -0.900. The van der Waals surface area contributed by atoms with E-state index in [9.17, 15) is 4.80 Å². The molecule has 9 heavy (non-hydrogen) atoms. The molecule has 0 rings (SSSR count). The van der Waals surface area contributed by atoms with Crippen molar-refractivity contribution in [1.82, 2.24) is 0 Å². The summed E-state index contributed by atoms with van der Waals surface area (Å²) in [5.74, 6) is 0. The monoisotopic (exact) mass is 156 g/mol. The second-order valence-electron chi connectivity index (χ2n) is 2.29. The number of hydrogen-bond donors (Lipinski definition) is 1. The molecule has 1 nitrogen and oxygen atoms in total. The van der Waals surface area contributed by atoms with Gasteiger partial charge in [-0.05, 0) is 18.1 Å². The molecule has 0 saturated heterocycles. The molecule has 0 heterocycles. The zero-order valence-corrected chi connectivity index (χ0v) is 10.1. The smallest absolute Gasteiger partial charge is 1.00 e. The average molecular weight is 156 g/mol. The molecule has 0 unspecified atom stereocenters. The van der Waals surface area contributed by atoms with Gasteiger partial charge in [-0.1, -0.05) is 20.8 Å². The summed E-state index contributed by atoms with van der Waals surface area (Å²) in [6.45, 7) is 6.25. The maximum atomic E-state index is 9.58. The summed E-state index contributed by atoms with van der Waals surface area (Å²) in [7, 11) is -1.67. The van der Waals surface area contributed by atoms with Crippen LogP contribution in [0.4, 0.5) is 0 Å². The van der Waals surface area contributed by atoms with Crippen molar-refractivity contribution in [3.8, 4) is 0 Å². The molecule has 0 spiro atoms. The molecule has 0 aromatic rings. The third-order valence-electron chi connectivity index (χ3n) is 1.97. The molecule has 0 aromatic heterocycles. The Labute approximate surface area is 82.8 Å². The summed E-state index contributed by atoms with van der Waals surface area (Å²) in [6, 6.07) is 3.04. The van der Waals surface area contributed by atoms with Gasteiger partial charge >= 0.3 is 29.6 Å². The maximum Gasteiger partial charge on any atom is 1.00 e. The van der Waals surface area contributed by atoms with Crippen LogP contribution in [-0.2, 0) is 0 Å². The summed E-state index contributed by atoms with van der Waals surface area (Å²) in [5, 5.41) is 0. The summed E-state index contributed by atoms with van der Waals surface area (Å²) in [6.07, 6.45) is 0. The minimum absolute atomic E-state index is 0. The maximum absolute atomic E-state index is 9.58. The van der Waals surface area contributed by atoms with Crippen LogP contribution in [0.5, 0.6) is 0 Å². The second kappa shape index (κ2) is 5.92. The fourth-order valence-corrected chi connectivity index (χ4v) is 2.25.